The van der Waals surface area contributed by atoms with Crippen molar-refractivity contribution in [1.82, 2.24) is 9.80 Å². The first kappa shape index (κ1) is 17.0. The van der Waals surface area contributed by atoms with Gasteiger partial charge in [0.15, 0.2) is 0 Å². The second-order valence-electron chi connectivity index (χ2n) is 5.64. The number of amides is 2. The molecule has 1 aliphatic heterocycles. The van der Waals surface area contributed by atoms with Crippen LogP contribution in [0, 0.1) is 0 Å². The van der Waals surface area contributed by atoms with Gasteiger partial charge in [0, 0.05) is 44.6 Å². The lowest BCUT2D eigenvalue weighted by Crippen LogP contribution is -2.50. The van der Waals surface area contributed by atoms with Gasteiger partial charge in [-0.05, 0) is 25.0 Å². The number of hydrogen-bond donors (Lipinski definition) is 1. The van der Waals surface area contributed by atoms with E-state index in [1.165, 1.54) is 0 Å². The minimum absolute atomic E-state index is 0.000780. The maximum absolute atomic E-state index is 12.3. The lowest BCUT2D eigenvalue weighted by atomic mass is 10.1. The molecular weight excluding hydrogens is 296 g/mol. The van der Waals surface area contributed by atoms with Gasteiger partial charge in [0.1, 0.15) is 0 Å². The van der Waals surface area contributed by atoms with Gasteiger partial charge in [0.25, 0.3) is 5.91 Å². The molecule has 1 heterocycles. The average molecular weight is 318 g/mol. The molecule has 2 rings (SSSR count). The number of carboxylic acids is 1. The van der Waals surface area contributed by atoms with E-state index in [4.69, 9.17) is 5.11 Å². The molecule has 23 heavy (non-hydrogen) atoms. The van der Waals surface area contributed by atoms with Crippen molar-refractivity contribution in [3.8, 4) is 0 Å². The van der Waals surface area contributed by atoms with E-state index in [1.54, 1.807) is 21.9 Å². The Bertz CT molecular complexity index is 551. The molecule has 1 fully saturated rings. The molecule has 6 heteroatoms. The minimum atomic E-state index is -0.828. The van der Waals surface area contributed by atoms with E-state index in [9.17, 15) is 14.4 Å². The molecule has 0 unspecified atom stereocenters. The van der Waals surface area contributed by atoms with Crippen molar-refractivity contribution < 1.29 is 19.5 Å². The highest BCUT2D eigenvalue weighted by atomic mass is 16.4. The van der Waals surface area contributed by atoms with Crippen LogP contribution < -0.4 is 0 Å². The topological polar surface area (TPSA) is 77.9 Å². The standard InChI is InChI=1S/C17H22N2O4/c20-15(8-4-5-9-16(21)22)18-10-12-19(13-11-18)17(23)14-6-2-1-3-7-14/h1-3,6-7H,4-5,8-13H2,(H,21,22). The Morgan fingerprint density at radius 3 is 2.04 bits per heavy atom. The number of hydrogen-bond acceptors (Lipinski definition) is 3. The Kier molecular flexibility index (Phi) is 6.14. The van der Waals surface area contributed by atoms with Crippen LogP contribution in [0.1, 0.15) is 36.0 Å². The molecule has 0 bridgehead atoms. The molecule has 0 radical (unpaired) electrons. The highest BCUT2D eigenvalue weighted by Crippen LogP contribution is 2.11. The van der Waals surface area contributed by atoms with Gasteiger partial charge in [-0.2, -0.15) is 0 Å². The van der Waals surface area contributed by atoms with Gasteiger partial charge in [0.05, 0.1) is 0 Å². The van der Waals surface area contributed by atoms with Gasteiger partial charge in [0.2, 0.25) is 5.91 Å². The molecule has 0 saturated carbocycles. The summed E-state index contributed by atoms with van der Waals surface area (Å²) in [5.74, 6) is -0.785. The number of unbranched alkanes of at least 4 members (excludes halogenated alkanes) is 1. The highest BCUT2D eigenvalue weighted by molar-refractivity contribution is 5.94. The zero-order valence-corrected chi connectivity index (χ0v) is 13.1. The number of piperazine rings is 1. The summed E-state index contributed by atoms with van der Waals surface area (Å²) in [6.45, 7) is 2.15. The molecule has 0 aliphatic carbocycles. The Hall–Kier alpha value is -2.37. The lowest BCUT2D eigenvalue weighted by Gasteiger charge is -2.35. The molecule has 1 aliphatic rings. The predicted octanol–water partition coefficient (Wildman–Crippen LogP) is 1.62. The maximum Gasteiger partial charge on any atom is 0.303 e. The Balaban J connectivity index is 1.74. The highest BCUT2D eigenvalue weighted by Gasteiger charge is 2.24. The number of benzene rings is 1. The molecular formula is C17H22N2O4. The van der Waals surface area contributed by atoms with Crippen molar-refractivity contribution in [2.75, 3.05) is 26.2 Å². The van der Waals surface area contributed by atoms with Crippen LogP contribution in [0.15, 0.2) is 30.3 Å². The summed E-state index contributed by atoms with van der Waals surface area (Å²) in [7, 11) is 0. The van der Waals surface area contributed by atoms with E-state index in [0.29, 0.717) is 51.0 Å². The Morgan fingerprint density at radius 1 is 0.870 bits per heavy atom. The fourth-order valence-corrected chi connectivity index (χ4v) is 2.63. The smallest absolute Gasteiger partial charge is 0.303 e. The van der Waals surface area contributed by atoms with Crippen LogP contribution in [0.25, 0.3) is 0 Å². The molecule has 124 valence electrons. The van der Waals surface area contributed by atoms with Crippen LogP contribution in [0.5, 0.6) is 0 Å². The monoisotopic (exact) mass is 318 g/mol. The first-order valence-electron chi connectivity index (χ1n) is 7.92. The van der Waals surface area contributed by atoms with Gasteiger partial charge in [-0.25, -0.2) is 0 Å². The fourth-order valence-electron chi connectivity index (χ4n) is 2.63. The number of nitrogens with zero attached hydrogens (tertiary/aromatic N) is 2. The van der Waals surface area contributed by atoms with E-state index < -0.39 is 5.97 Å². The van der Waals surface area contributed by atoms with Crippen molar-refractivity contribution in [3.05, 3.63) is 35.9 Å². The van der Waals surface area contributed by atoms with Crippen LogP contribution in [-0.2, 0) is 9.59 Å². The zero-order chi connectivity index (χ0) is 16.7. The zero-order valence-electron chi connectivity index (χ0n) is 13.1. The van der Waals surface area contributed by atoms with Crippen LogP contribution in [0.3, 0.4) is 0 Å². The van der Waals surface area contributed by atoms with Gasteiger partial charge in [-0.1, -0.05) is 18.2 Å². The molecule has 0 aromatic heterocycles. The van der Waals surface area contributed by atoms with Gasteiger partial charge in [-0.15, -0.1) is 0 Å². The first-order valence-corrected chi connectivity index (χ1v) is 7.92. The molecule has 1 saturated heterocycles. The second kappa shape index (κ2) is 8.31. The summed E-state index contributed by atoms with van der Waals surface area (Å²) in [5, 5.41) is 8.57. The second-order valence-corrected chi connectivity index (χ2v) is 5.64. The van der Waals surface area contributed by atoms with Crippen LogP contribution >= 0.6 is 0 Å². The van der Waals surface area contributed by atoms with E-state index in [-0.39, 0.29) is 18.2 Å². The first-order chi connectivity index (χ1) is 11.1. The largest absolute Gasteiger partial charge is 0.481 e. The van der Waals surface area contributed by atoms with Gasteiger partial charge in [-0.3, -0.25) is 14.4 Å². The molecule has 2 amide bonds. The van der Waals surface area contributed by atoms with Crippen molar-refractivity contribution >= 4 is 17.8 Å². The minimum Gasteiger partial charge on any atom is -0.481 e. The van der Waals surface area contributed by atoms with E-state index in [2.05, 4.69) is 0 Å². The maximum atomic E-state index is 12.3. The van der Waals surface area contributed by atoms with E-state index >= 15 is 0 Å². The van der Waals surface area contributed by atoms with Crippen molar-refractivity contribution in [2.24, 2.45) is 0 Å². The predicted molar refractivity (Wildman–Crippen MR) is 85.0 cm³/mol. The molecule has 0 spiro atoms. The summed E-state index contributed by atoms with van der Waals surface area (Å²) in [6, 6.07) is 9.14. The summed E-state index contributed by atoms with van der Waals surface area (Å²) in [5.41, 5.74) is 0.668. The number of carboxylic acid groups (broad SMARTS) is 1. The molecule has 6 nitrogen and oxygen atoms in total. The van der Waals surface area contributed by atoms with Crippen molar-refractivity contribution in [2.45, 2.75) is 25.7 Å². The molecule has 1 aromatic carbocycles. The number of rotatable bonds is 6. The van der Waals surface area contributed by atoms with Gasteiger partial charge >= 0.3 is 5.97 Å². The van der Waals surface area contributed by atoms with Gasteiger partial charge < -0.3 is 14.9 Å². The number of carbonyl (C=O) groups excluding carboxylic acids is 2. The number of aliphatic carboxylic acids is 1. The average Bonchev–Trinajstić information content (AvgIpc) is 2.58. The Morgan fingerprint density at radius 2 is 1.43 bits per heavy atom. The SMILES string of the molecule is O=C(O)CCCCC(=O)N1CCN(C(=O)c2ccccc2)CC1. The summed E-state index contributed by atoms with van der Waals surface area (Å²) in [4.78, 5) is 38.3. The molecule has 1 N–H and O–H groups in total. The lowest BCUT2D eigenvalue weighted by molar-refractivity contribution is -0.137. The van der Waals surface area contributed by atoms with E-state index in [0.717, 1.165) is 0 Å². The normalized spacial score (nSPS) is 14.6. The summed E-state index contributed by atoms with van der Waals surface area (Å²) < 4.78 is 0. The third kappa shape index (κ3) is 5.09. The summed E-state index contributed by atoms with van der Waals surface area (Å²) in [6.07, 6.45) is 1.59. The summed E-state index contributed by atoms with van der Waals surface area (Å²) >= 11 is 0. The number of carbonyl (C=O) groups is 3. The third-order valence-electron chi connectivity index (χ3n) is 3.97. The fraction of sp³-hybridized carbons (Fsp3) is 0.471. The van der Waals surface area contributed by atoms with Crippen LogP contribution in [-0.4, -0.2) is 58.9 Å². The van der Waals surface area contributed by atoms with Crippen molar-refractivity contribution in [1.29, 1.82) is 0 Å². The Labute approximate surface area is 135 Å². The third-order valence-corrected chi connectivity index (χ3v) is 3.97. The van der Waals surface area contributed by atoms with Crippen LogP contribution in [0.2, 0.25) is 0 Å². The van der Waals surface area contributed by atoms with E-state index in [1.807, 2.05) is 18.2 Å². The molecule has 0 atom stereocenters. The van der Waals surface area contributed by atoms with Crippen LogP contribution in [0.4, 0.5) is 0 Å². The molecule has 1 aromatic rings. The quantitative estimate of drug-likeness (QED) is 0.809. The van der Waals surface area contributed by atoms with Crippen molar-refractivity contribution in [3.63, 3.8) is 0 Å².